The summed E-state index contributed by atoms with van der Waals surface area (Å²) in [5.41, 5.74) is 1.56. The van der Waals surface area contributed by atoms with Crippen molar-refractivity contribution in [1.82, 2.24) is 9.55 Å². The quantitative estimate of drug-likeness (QED) is 0.578. The van der Waals surface area contributed by atoms with E-state index < -0.39 is 0 Å². The number of hydrogen-bond donors (Lipinski definition) is 1. The molecule has 1 aliphatic rings. The number of nitrogens with one attached hydrogen (secondary N) is 1. The summed E-state index contributed by atoms with van der Waals surface area (Å²) in [7, 11) is 1.60. The molecule has 1 N–H and O–H groups in total. The van der Waals surface area contributed by atoms with Crippen molar-refractivity contribution in [3.8, 4) is 0 Å². The molecule has 2 heterocycles. The van der Waals surface area contributed by atoms with Gasteiger partial charge in [0.05, 0.1) is 29.5 Å². The lowest BCUT2D eigenvalue weighted by Crippen LogP contribution is -2.27. The Bertz CT molecular complexity index is 840. The van der Waals surface area contributed by atoms with Crippen LogP contribution in [0.15, 0.2) is 45.2 Å². The van der Waals surface area contributed by atoms with Gasteiger partial charge in [0.2, 0.25) is 5.91 Å². The molecular formula is C18H21N3O3S2. The number of benzene rings is 1. The predicted molar refractivity (Wildman–Crippen MR) is 105 cm³/mol. The molecule has 26 heavy (non-hydrogen) atoms. The van der Waals surface area contributed by atoms with Crippen LogP contribution in [-0.4, -0.2) is 40.2 Å². The molecule has 6 nitrogen and oxygen atoms in total. The van der Waals surface area contributed by atoms with Gasteiger partial charge >= 0.3 is 0 Å². The zero-order valence-electron chi connectivity index (χ0n) is 14.7. The van der Waals surface area contributed by atoms with E-state index in [2.05, 4.69) is 17.2 Å². The highest BCUT2D eigenvalue weighted by molar-refractivity contribution is 8.00. The maximum absolute atomic E-state index is 12.8. The summed E-state index contributed by atoms with van der Waals surface area (Å²) in [5, 5.41) is 3.77. The van der Waals surface area contributed by atoms with Crippen molar-refractivity contribution < 1.29 is 9.53 Å². The van der Waals surface area contributed by atoms with E-state index in [1.807, 2.05) is 30.3 Å². The van der Waals surface area contributed by atoms with Gasteiger partial charge in [-0.25, -0.2) is 4.98 Å². The van der Waals surface area contributed by atoms with E-state index in [0.717, 1.165) is 22.7 Å². The third kappa shape index (κ3) is 4.49. The molecule has 3 rings (SSSR count). The van der Waals surface area contributed by atoms with Gasteiger partial charge in [-0.1, -0.05) is 36.9 Å². The fourth-order valence-electron chi connectivity index (χ4n) is 2.67. The zero-order chi connectivity index (χ0) is 18.5. The normalized spacial score (nSPS) is 15.7. The van der Waals surface area contributed by atoms with Crippen molar-refractivity contribution in [2.45, 2.75) is 35.2 Å². The molecule has 0 saturated carbocycles. The number of nitrogens with zero attached hydrogens (tertiary/aromatic N) is 2. The van der Waals surface area contributed by atoms with E-state index in [1.54, 1.807) is 23.4 Å². The fourth-order valence-corrected chi connectivity index (χ4v) is 4.63. The third-order valence-corrected chi connectivity index (χ3v) is 6.06. The lowest BCUT2D eigenvalue weighted by atomic mass is 10.2. The zero-order valence-corrected chi connectivity index (χ0v) is 16.4. The number of carbonyl (C=O) groups is 1. The highest BCUT2D eigenvalue weighted by Crippen LogP contribution is 2.34. The largest absolute Gasteiger partial charge is 0.383 e. The first-order valence-corrected chi connectivity index (χ1v) is 10.2. The highest BCUT2D eigenvalue weighted by Gasteiger charge is 2.26. The van der Waals surface area contributed by atoms with Crippen molar-refractivity contribution >= 4 is 35.1 Å². The Morgan fingerprint density at radius 2 is 2.19 bits per heavy atom. The van der Waals surface area contributed by atoms with Crippen molar-refractivity contribution in [3.63, 3.8) is 0 Å². The molecule has 0 aliphatic carbocycles. The number of rotatable bonds is 7. The summed E-state index contributed by atoms with van der Waals surface area (Å²) in [4.78, 5) is 30.4. The number of amides is 1. The molecule has 138 valence electrons. The average Bonchev–Trinajstić information content (AvgIpc) is 3.01. The first-order chi connectivity index (χ1) is 12.6. The monoisotopic (exact) mass is 391 g/mol. The van der Waals surface area contributed by atoms with Crippen LogP contribution in [0.5, 0.6) is 0 Å². The molecule has 0 fully saturated rings. The van der Waals surface area contributed by atoms with Gasteiger partial charge in [0.1, 0.15) is 0 Å². The number of carbonyl (C=O) groups excluding carboxylic acids is 1. The van der Waals surface area contributed by atoms with Gasteiger partial charge in [-0.3, -0.25) is 14.2 Å². The second kappa shape index (κ2) is 8.75. The Morgan fingerprint density at radius 3 is 2.92 bits per heavy atom. The molecule has 0 bridgehead atoms. The van der Waals surface area contributed by atoms with E-state index in [0.29, 0.717) is 23.6 Å². The van der Waals surface area contributed by atoms with Crippen LogP contribution >= 0.6 is 23.5 Å². The summed E-state index contributed by atoms with van der Waals surface area (Å²) < 4.78 is 6.74. The van der Waals surface area contributed by atoms with E-state index in [9.17, 15) is 9.59 Å². The molecule has 2 aromatic rings. The van der Waals surface area contributed by atoms with E-state index in [-0.39, 0.29) is 17.2 Å². The Hall–Kier alpha value is -1.77. The maximum Gasteiger partial charge on any atom is 0.268 e. The second-order valence-electron chi connectivity index (χ2n) is 5.96. The van der Waals surface area contributed by atoms with Crippen LogP contribution in [0.3, 0.4) is 0 Å². The predicted octanol–water partition coefficient (Wildman–Crippen LogP) is 2.66. The standard InChI is InChI=1S/C18H21N3O3S2/c1-12-10-14-16(26-12)17(23)21(8-9-24-2)18(20-14)25-11-15(22)19-13-6-4-3-5-7-13/h3-7,12H,8-11H2,1-2H3,(H,19,22)/t12-/m0/s1. The minimum absolute atomic E-state index is 0.0348. The van der Waals surface area contributed by atoms with Crippen LogP contribution in [0.2, 0.25) is 0 Å². The van der Waals surface area contributed by atoms with Crippen molar-refractivity contribution in [3.05, 3.63) is 46.4 Å². The van der Waals surface area contributed by atoms with Gasteiger partial charge in [0.25, 0.3) is 5.56 Å². The lowest BCUT2D eigenvalue weighted by Gasteiger charge is -2.13. The minimum atomic E-state index is -0.128. The van der Waals surface area contributed by atoms with Gasteiger partial charge < -0.3 is 10.1 Å². The van der Waals surface area contributed by atoms with Crippen LogP contribution in [0.4, 0.5) is 5.69 Å². The van der Waals surface area contributed by atoms with Gasteiger partial charge in [0.15, 0.2) is 5.16 Å². The Kier molecular flexibility index (Phi) is 6.39. The summed E-state index contributed by atoms with van der Waals surface area (Å²) in [6.45, 7) is 2.93. The smallest absolute Gasteiger partial charge is 0.268 e. The highest BCUT2D eigenvalue weighted by atomic mass is 32.2. The van der Waals surface area contributed by atoms with Gasteiger partial charge in [0, 0.05) is 24.5 Å². The molecule has 0 unspecified atom stereocenters. The van der Waals surface area contributed by atoms with E-state index in [1.165, 1.54) is 11.8 Å². The van der Waals surface area contributed by atoms with E-state index in [4.69, 9.17) is 4.74 Å². The molecule has 1 amide bonds. The minimum Gasteiger partial charge on any atom is -0.383 e. The fraction of sp³-hybridized carbons (Fsp3) is 0.389. The average molecular weight is 392 g/mol. The molecule has 1 atom stereocenters. The van der Waals surface area contributed by atoms with Crippen LogP contribution in [0, 0.1) is 0 Å². The van der Waals surface area contributed by atoms with Crippen molar-refractivity contribution in [1.29, 1.82) is 0 Å². The SMILES string of the molecule is COCCn1c(SCC(=O)Nc2ccccc2)nc2c(c1=O)S[C@@H](C)C2. The number of ether oxygens (including phenoxy) is 1. The Labute approximate surface area is 160 Å². The topological polar surface area (TPSA) is 73.2 Å². The second-order valence-corrected chi connectivity index (χ2v) is 8.35. The Morgan fingerprint density at radius 1 is 1.42 bits per heavy atom. The van der Waals surface area contributed by atoms with Crippen LogP contribution in [0.25, 0.3) is 0 Å². The third-order valence-electron chi connectivity index (χ3n) is 3.87. The lowest BCUT2D eigenvalue weighted by molar-refractivity contribution is -0.113. The van der Waals surface area contributed by atoms with Crippen molar-refractivity contribution in [2.24, 2.45) is 0 Å². The molecule has 1 aromatic heterocycles. The molecule has 0 radical (unpaired) electrons. The first kappa shape index (κ1) is 19.0. The molecule has 1 aliphatic heterocycles. The number of fused-ring (bicyclic) bond motifs is 1. The Balaban J connectivity index is 1.76. The van der Waals surface area contributed by atoms with Crippen LogP contribution in [0.1, 0.15) is 12.6 Å². The number of hydrogen-bond acceptors (Lipinski definition) is 6. The maximum atomic E-state index is 12.8. The summed E-state index contributed by atoms with van der Waals surface area (Å²) >= 11 is 2.86. The van der Waals surface area contributed by atoms with Crippen LogP contribution in [-0.2, 0) is 22.5 Å². The van der Waals surface area contributed by atoms with Crippen LogP contribution < -0.4 is 10.9 Å². The number of para-hydroxylation sites is 1. The van der Waals surface area contributed by atoms with Gasteiger partial charge in [-0.2, -0.15) is 0 Å². The number of thioether (sulfide) groups is 2. The molecule has 0 spiro atoms. The molecular weight excluding hydrogens is 370 g/mol. The first-order valence-electron chi connectivity index (χ1n) is 8.35. The number of methoxy groups -OCH3 is 1. The summed E-state index contributed by atoms with van der Waals surface area (Å²) in [6, 6.07) is 9.30. The summed E-state index contributed by atoms with van der Waals surface area (Å²) in [6.07, 6.45) is 0.782. The van der Waals surface area contributed by atoms with Gasteiger partial charge in [-0.05, 0) is 12.1 Å². The van der Waals surface area contributed by atoms with Gasteiger partial charge in [-0.15, -0.1) is 11.8 Å². The number of aromatic nitrogens is 2. The summed E-state index contributed by atoms with van der Waals surface area (Å²) in [5.74, 6) is 0.0625. The van der Waals surface area contributed by atoms with E-state index >= 15 is 0 Å². The molecule has 1 aromatic carbocycles. The molecule has 0 saturated heterocycles. The number of anilines is 1. The molecule has 8 heteroatoms. The van der Waals surface area contributed by atoms with Crippen molar-refractivity contribution in [2.75, 3.05) is 24.8 Å².